The molecule has 0 aliphatic heterocycles. The van der Waals surface area contributed by atoms with Crippen LogP contribution in [0, 0.1) is 40.9 Å². The van der Waals surface area contributed by atoms with Gasteiger partial charge in [0.25, 0.3) is 0 Å². The molecule has 1 aromatic rings. The molecule has 7 heteroatoms. The summed E-state index contributed by atoms with van der Waals surface area (Å²) in [6.45, 7) is 4.48. The average molecular weight is 485 g/mol. The van der Waals surface area contributed by atoms with Gasteiger partial charge in [0.1, 0.15) is 6.54 Å². The Morgan fingerprint density at radius 1 is 0.914 bits per heavy atom. The molecule has 1 heterocycles. The molecule has 35 heavy (non-hydrogen) atoms. The van der Waals surface area contributed by atoms with Crippen molar-refractivity contribution in [3.05, 3.63) is 10.5 Å². The number of nitrogens with zero attached hydrogens (tertiary/aromatic N) is 4. The first-order chi connectivity index (χ1) is 16.8. The Morgan fingerprint density at radius 2 is 1.69 bits per heavy atom. The van der Waals surface area contributed by atoms with E-state index in [4.69, 9.17) is 0 Å². The van der Waals surface area contributed by atoms with Crippen molar-refractivity contribution in [3.8, 4) is 0 Å². The number of tetrazole rings is 1. The third kappa shape index (κ3) is 4.04. The molecular formula is C28H44N4O3. The number of fused-ring (bicyclic) bond motifs is 5. The molecule has 0 bridgehead atoms. The first-order valence-corrected chi connectivity index (χ1v) is 14.5. The van der Waals surface area contributed by atoms with Crippen molar-refractivity contribution >= 4 is 5.78 Å². The van der Waals surface area contributed by atoms with Crippen LogP contribution in [0.4, 0.5) is 0 Å². The molecule has 5 aliphatic rings. The molecule has 194 valence electrons. The monoisotopic (exact) mass is 484 g/mol. The van der Waals surface area contributed by atoms with Crippen molar-refractivity contribution in [1.82, 2.24) is 19.8 Å². The van der Waals surface area contributed by atoms with E-state index >= 15 is 0 Å². The largest absolute Gasteiger partial charge is 0.390 e. The zero-order chi connectivity index (χ0) is 24.4. The summed E-state index contributed by atoms with van der Waals surface area (Å²) >= 11 is 0. The van der Waals surface area contributed by atoms with Gasteiger partial charge in [0.2, 0.25) is 0 Å². The number of rotatable bonds is 4. The van der Waals surface area contributed by atoms with E-state index in [1.165, 1.54) is 41.5 Å². The number of carbonyl (C=O) groups is 1. The van der Waals surface area contributed by atoms with Crippen molar-refractivity contribution in [2.75, 3.05) is 0 Å². The molecule has 5 aliphatic carbocycles. The zero-order valence-corrected chi connectivity index (χ0v) is 21.7. The molecule has 6 rings (SSSR count). The van der Waals surface area contributed by atoms with E-state index in [9.17, 15) is 14.7 Å². The van der Waals surface area contributed by atoms with E-state index in [0.717, 1.165) is 75.5 Å². The summed E-state index contributed by atoms with van der Waals surface area (Å²) in [6, 6.07) is 0.141. The first kappa shape index (κ1) is 23.9. The van der Waals surface area contributed by atoms with Crippen LogP contribution in [0.25, 0.3) is 0 Å². The summed E-state index contributed by atoms with van der Waals surface area (Å²) in [5.74, 6) is 3.79. The fourth-order valence-corrected chi connectivity index (χ4v) is 9.81. The number of hydrogen-bond donors (Lipinski definition) is 1. The average Bonchev–Trinajstić information content (AvgIpc) is 3.38. The molecule has 8 atom stereocenters. The Hall–Kier alpha value is -1.50. The minimum absolute atomic E-state index is 0.0324. The van der Waals surface area contributed by atoms with Crippen molar-refractivity contribution in [2.24, 2.45) is 40.9 Å². The fourth-order valence-electron chi connectivity index (χ4n) is 9.81. The number of aromatic nitrogens is 4. The van der Waals surface area contributed by atoms with Crippen LogP contribution in [0.1, 0.15) is 110 Å². The summed E-state index contributed by atoms with van der Waals surface area (Å²) in [4.78, 5) is 26.6. The Kier molecular flexibility index (Phi) is 6.01. The van der Waals surface area contributed by atoms with Crippen LogP contribution >= 0.6 is 0 Å². The zero-order valence-electron chi connectivity index (χ0n) is 21.7. The SMILES string of the molecule is C[C@@]1(O)CCC2C3CC[C@]4(C)[C@@H](C(=O)Cn5nnn(C6CCCCC6)c5=O)CC[C@H]4C3CC[C@@H]2C1. The van der Waals surface area contributed by atoms with E-state index in [-0.39, 0.29) is 35.4 Å². The smallest absolute Gasteiger partial charge is 0.364 e. The summed E-state index contributed by atoms with van der Waals surface area (Å²) in [6.07, 6.45) is 15.5. The lowest BCUT2D eigenvalue weighted by Gasteiger charge is -2.56. The van der Waals surface area contributed by atoms with E-state index in [1.807, 2.05) is 6.92 Å². The second kappa shape index (κ2) is 8.81. The number of ketones is 1. The van der Waals surface area contributed by atoms with Gasteiger partial charge < -0.3 is 5.11 Å². The van der Waals surface area contributed by atoms with Gasteiger partial charge in [-0.05, 0) is 123 Å². The van der Waals surface area contributed by atoms with Crippen molar-refractivity contribution in [3.63, 3.8) is 0 Å². The van der Waals surface area contributed by atoms with Crippen molar-refractivity contribution < 1.29 is 9.90 Å². The summed E-state index contributed by atoms with van der Waals surface area (Å²) in [7, 11) is 0. The molecule has 0 spiro atoms. The second-order valence-electron chi connectivity index (χ2n) is 13.5. The van der Waals surface area contributed by atoms with Gasteiger partial charge in [-0.25, -0.2) is 4.79 Å². The number of hydrogen-bond acceptors (Lipinski definition) is 5. The second-order valence-corrected chi connectivity index (χ2v) is 13.5. The van der Waals surface area contributed by atoms with Crippen LogP contribution in [0.15, 0.2) is 4.79 Å². The Labute approximate surface area is 209 Å². The molecule has 5 saturated carbocycles. The highest BCUT2D eigenvalue weighted by Crippen LogP contribution is 2.64. The van der Waals surface area contributed by atoms with Crippen LogP contribution in [0.2, 0.25) is 0 Å². The minimum atomic E-state index is -0.473. The normalized spacial score (nSPS) is 43.9. The van der Waals surface area contributed by atoms with Gasteiger partial charge in [0.15, 0.2) is 5.78 Å². The predicted octanol–water partition coefficient (Wildman–Crippen LogP) is 4.53. The van der Waals surface area contributed by atoms with Gasteiger partial charge in [-0.1, -0.05) is 26.2 Å². The van der Waals surface area contributed by atoms with Crippen molar-refractivity contribution in [1.29, 1.82) is 0 Å². The maximum Gasteiger partial charge on any atom is 0.364 e. The summed E-state index contributed by atoms with van der Waals surface area (Å²) < 4.78 is 2.87. The number of Topliss-reactive ketones (excluding diaryl/α,β-unsaturated/α-hetero) is 1. The van der Waals surface area contributed by atoms with Crippen molar-refractivity contribution in [2.45, 2.75) is 122 Å². The molecule has 0 radical (unpaired) electrons. The molecule has 1 aromatic heterocycles. The highest BCUT2D eigenvalue weighted by molar-refractivity contribution is 5.82. The topological polar surface area (TPSA) is 90.0 Å². The lowest BCUT2D eigenvalue weighted by atomic mass is 9.49. The molecule has 0 amide bonds. The number of carbonyl (C=O) groups excluding carboxylic acids is 1. The van der Waals surface area contributed by atoms with Gasteiger partial charge in [-0.3, -0.25) is 4.79 Å². The van der Waals surface area contributed by atoms with Crippen LogP contribution in [0.5, 0.6) is 0 Å². The summed E-state index contributed by atoms with van der Waals surface area (Å²) in [5, 5.41) is 18.9. The quantitative estimate of drug-likeness (QED) is 0.678. The minimum Gasteiger partial charge on any atom is -0.390 e. The van der Waals surface area contributed by atoms with E-state index in [1.54, 1.807) is 0 Å². The summed E-state index contributed by atoms with van der Waals surface area (Å²) in [5.41, 5.74) is -0.632. The van der Waals surface area contributed by atoms with E-state index < -0.39 is 5.60 Å². The van der Waals surface area contributed by atoms with Gasteiger partial charge >= 0.3 is 5.69 Å². The maximum absolute atomic E-state index is 13.6. The maximum atomic E-state index is 13.6. The Bertz CT molecular complexity index is 1010. The molecule has 0 saturated heterocycles. The van der Waals surface area contributed by atoms with Gasteiger partial charge in [0.05, 0.1) is 11.6 Å². The first-order valence-electron chi connectivity index (χ1n) is 14.5. The van der Waals surface area contributed by atoms with E-state index in [2.05, 4.69) is 17.4 Å². The molecule has 5 fully saturated rings. The lowest BCUT2D eigenvalue weighted by Crippen LogP contribution is -2.51. The van der Waals surface area contributed by atoms with Crippen LogP contribution in [-0.2, 0) is 11.3 Å². The Balaban J connectivity index is 1.15. The number of aliphatic hydroxyl groups is 1. The third-order valence-corrected chi connectivity index (χ3v) is 11.5. The molecule has 1 N–H and O–H groups in total. The van der Waals surface area contributed by atoms with Crippen LogP contribution in [-0.4, -0.2) is 36.3 Å². The standard InChI is InChI=1S/C28H44N4O3/c1-27(35)14-12-20-18(16-27)8-9-22-21(20)13-15-28(2)23(22)10-11-24(28)25(33)17-31-26(34)32(30-29-31)19-6-4-3-5-7-19/h18-24,35H,3-17H2,1-2H3/t18-,20?,21?,22?,23+,24-,27-,28+/m1/s1. The molecule has 3 unspecified atom stereocenters. The highest BCUT2D eigenvalue weighted by Gasteiger charge is 2.58. The molecular weight excluding hydrogens is 440 g/mol. The van der Waals surface area contributed by atoms with Crippen LogP contribution < -0.4 is 5.69 Å². The van der Waals surface area contributed by atoms with Gasteiger partial charge in [-0.15, -0.1) is 0 Å². The van der Waals surface area contributed by atoms with E-state index in [0.29, 0.717) is 11.8 Å². The van der Waals surface area contributed by atoms with Gasteiger partial charge in [-0.2, -0.15) is 9.36 Å². The van der Waals surface area contributed by atoms with Gasteiger partial charge in [0, 0.05) is 5.92 Å². The lowest BCUT2D eigenvalue weighted by molar-refractivity contribution is -0.133. The molecule has 7 nitrogen and oxygen atoms in total. The molecule has 0 aromatic carbocycles. The third-order valence-electron chi connectivity index (χ3n) is 11.5. The van der Waals surface area contributed by atoms with Crippen LogP contribution in [0.3, 0.4) is 0 Å². The highest BCUT2D eigenvalue weighted by atomic mass is 16.3. The fraction of sp³-hybridized carbons (Fsp3) is 0.929. The predicted molar refractivity (Wildman–Crippen MR) is 133 cm³/mol. The Morgan fingerprint density at radius 3 is 2.49 bits per heavy atom.